The summed E-state index contributed by atoms with van der Waals surface area (Å²) in [6.07, 6.45) is 1.04. The average Bonchev–Trinajstić information content (AvgIpc) is 2.42. The number of ether oxygens (including phenoxy) is 1. The molecule has 0 saturated heterocycles. The van der Waals surface area contributed by atoms with Crippen LogP contribution in [0, 0.1) is 0 Å². The summed E-state index contributed by atoms with van der Waals surface area (Å²) in [6, 6.07) is 11.2. The maximum Gasteiger partial charge on any atom is 0.244 e. The molecule has 0 aliphatic carbocycles. The zero-order valence-corrected chi connectivity index (χ0v) is 11.8. The molecule has 2 rings (SSSR count). The van der Waals surface area contributed by atoms with Crippen molar-refractivity contribution in [3.05, 3.63) is 47.1 Å². The molecule has 19 heavy (non-hydrogen) atoms. The number of nitrogens with two attached hydrogens (primary N) is 1. The molecule has 2 N–H and O–H groups in total. The predicted octanol–water partition coefficient (Wildman–Crippen LogP) is 4.62. The van der Waals surface area contributed by atoms with Crippen molar-refractivity contribution in [2.45, 2.75) is 26.2 Å². The molecule has 3 nitrogen and oxygen atoms in total. The maximum absolute atomic E-state index is 5.87. The Morgan fingerprint density at radius 2 is 2.00 bits per heavy atom. The van der Waals surface area contributed by atoms with E-state index in [1.54, 1.807) is 12.1 Å². The lowest BCUT2D eigenvalue weighted by atomic mass is 9.98. The molecule has 0 radical (unpaired) electrons. The highest BCUT2D eigenvalue weighted by atomic mass is 35.5. The van der Waals surface area contributed by atoms with Gasteiger partial charge in [0.15, 0.2) is 0 Å². The summed E-state index contributed by atoms with van der Waals surface area (Å²) in [5.41, 5.74) is 7.47. The summed E-state index contributed by atoms with van der Waals surface area (Å²) in [5.74, 6) is 1.54. The van der Waals surface area contributed by atoms with Gasteiger partial charge >= 0.3 is 0 Å². The predicted molar refractivity (Wildman–Crippen MR) is 78.9 cm³/mol. The van der Waals surface area contributed by atoms with Gasteiger partial charge in [0, 0.05) is 0 Å². The lowest BCUT2D eigenvalue weighted by Gasteiger charge is -2.15. The van der Waals surface area contributed by atoms with Gasteiger partial charge in [-0.15, -0.1) is 0 Å². The Kier molecular flexibility index (Phi) is 4.27. The van der Waals surface area contributed by atoms with E-state index in [9.17, 15) is 0 Å². The summed E-state index contributed by atoms with van der Waals surface area (Å²) in [7, 11) is 0. The summed E-state index contributed by atoms with van der Waals surface area (Å²) in [4.78, 5) is 4.11. The number of hydrogen-bond donors (Lipinski definition) is 1. The van der Waals surface area contributed by atoms with Gasteiger partial charge in [-0.3, -0.25) is 0 Å². The second-order valence-corrected chi connectivity index (χ2v) is 4.86. The van der Waals surface area contributed by atoms with Gasteiger partial charge in [-0.2, -0.15) is 4.98 Å². The van der Waals surface area contributed by atoms with E-state index in [1.807, 2.05) is 18.2 Å². The standard InChI is InChI=1S/C15H17ClN2O/c1-3-10(2)11-6-4-5-7-13(11)19-15-12(17)8-9-14(16)18-15/h4-10H,3,17H2,1-2H3. The van der Waals surface area contributed by atoms with E-state index < -0.39 is 0 Å². The van der Waals surface area contributed by atoms with Crippen LogP contribution in [-0.2, 0) is 0 Å². The van der Waals surface area contributed by atoms with Crippen LogP contribution < -0.4 is 10.5 Å². The Balaban J connectivity index is 2.35. The first-order valence-corrected chi connectivity index (χ1v) is 6.68. The van der Waals surface area contributed by atoms with E-state index in [-0.39, 0.29) is 0 Å². The fraction of sp³-hybridized carbons (Fsp3) is 0.267. The van der Waals surface area contributed by atoms with E-state index in [1.165, 1.54) is 0 Å². The molecule has 2 aromatic rings. The van der Waals surface area contributed by atoms with Gasteiger partial charge in [-0.25, -0.2) is 0 Å². The molecular weight excluding hydrogens is 260 g/mol. The van der Waals surface area contributed by atoms with Crippen LogP contribution in [0.5, 0.6) is 11.6 Å². The van der Waals surface area contributed by atoms with Crippen LogP contribution in [-0.4, -0.2) is 4.98 Å². The highest BCUT2D eigenvalue weighted by Gasteiger charge is 2.12. The molecule has 1 heterocycles. The van der Waals surface area contributed by atoms with Crippen molar-refractivity contribution in [2.75, 3.05) is 5.73 Å². The van der Waals surface area contributed by atoms with Gasteiger partial charge in [-0.05, 0) is 36.1 Å². The minimum atomic E-state index is 0.350. The third kappa shape index (κ3) is 3.18. The van der Waals surface area contributed by atoms with E-state index in [0.717, 1.165) is 17.7 Å². The Bertz CT molecular complexity index is 572. The fourth-order valence-electron chi connectivity index (χ4n) is 1.82. The lowest BCUT2D eigenvalue weighted by molar-refractivity contribution is 0.454. The average molecular weight is 277 g/mol. The molecule has 100 valence electrons. The molecule has 1 atom stereocenters. The van der Waals surface area contributed by atoms with Crippen molar-refractivity contribution < 1.29 is 4.74 Å². The van der Waals surface area contributed by atoms with Gasteiger partial charge in [0.2, 0.25) is 5.88 Å². The number of pyridine rings is 1. The fourth-order valence-corrected chi connectivity index (χ4v) is 1.95. The van der Waals surface area contributed by atoms with Crippen molar-refractivity contribution in [1.82, 2.24) is 4.98 Å². The Labute approximate surface area is 118 Å². The Hall–Kier alpha value is -1.74. The number of nitrogens with zero attached hydrogens (tertiary/aromatic N) is 1. The van der Waals surface area contributed by atoms with Gasteiger partial charge < -0.3 is 10.5 Å². The third-order valence-electron chi connectivity index (χ3n) is 3.12. The Morgan fingerprint density at radius 3 is 2.74 bits per heavy atom. The van der Waals surface area contributed by atoms with E-state index in [4.69, 9.17) is 22.1 Å². The minimum absolute atomic E-state index is 0.350. The number of anilines is 1. The van der Waals surface area contributed by atoms with E-state index in [2.05, 4.69) is 24.9 Å². The normalized spacial score (nSPS) is 12.2. The number of halogens is 1. The largest absolute Gasteiger partial charge is 0.437 e. The van der Waals surface area contributed by atoms with Crippen molar-refractivity contribution >= 4 is 17.3 Å². The maximum atomic E-state index is 5.87. The number of aromatic nitrogens is 1. The first kappa shape index (κ1) is 13.7. The van der Waals surface area contributed by atoms with Gasteiger partial charge in [0.05, 0.1) is 5.69 Å². The van der Waals surface area contributed by atoms with E-state index >= 15 is 0 Å². The molecular formula is C15H17ClN2O. The first-order valence-electron chi connectivity index (χ1n) is 6.30. The smallest absolute Gasteiger partial charge is 0.244 e. The van der Waals surface area contributed by atoms with Crippen LogP contribution in [0.2, 0.25) is 5.15 Å². The summed E-state index contributed by atoms with van der Waals surface area (Å²) in [6.45, 7) is 4.31. The number of rotatable bonds is 4. The van der Waals surface area contributed by atoms with Crippen molar-refractivity contribution in [3.8, 4) is 11.6 Å². The first-order chi connectivity index (χ1) is 9.11. The molecule has 0 bridgehead atoms. The topological polar surface area (TPSA) is 48.1 Å². The monoisotopic (exact) mass is 276 g/mol. The van der Waals surface area contributed by atoms with Gasteiger partial charge in [-0.1, -0.05) is 43.6 Å². The van der Waals surface area contributed by atoms with Crippen LogP contribution in [0.4, 0.5) is 5.69 Å². The van der Waals surface area contributed by atoms with Crippen LogP contribution >= 0.6 is 11.6 Å². The zero-order valence-electron chi connectivity index (χ0n) is 11.1. The number of hydrogen-bond acceptors (Lipinski definition) is 3. The number of para-hydroxylation sites is 1. The summed E-state index contributed by atoms with van der Waals surface area (Å²) < 4.78 is 5.82. The van der Waals surface area contributed by atoms with Crippen LogP contribution in [0.25, 0.3) is 0 Å². The SMILES string of the molecule is CCC(C)c1ccccc1Oc1nc(Cl)ccc1N. The second kappa shape index (κ2) is 5.93. The molecule has 0 aliphatic heterocycles. The molecule has 0 amide bonds. The molecule has 0 fully saturated rings. The highest BCUT2D eigenvalue weighted by Crippen LogP contribution is 2.33. The van der Waals surface area contributed by atoms with Crippen molar-refractivity contribution in [3.63, 3.8) is 0 Å². The molecule has 0 spiro atoms. The molecule has 1 unspecified atom stereocenters. The molecule has 1 aromatic carbocycles. The number of nitrogen functional groups attached to an aromatic ring is 1. The van der Waals surface area contributed by atoms with Gasteiger partial charge in [0.1, 0.15) is 10.9 Å². The highest BCUT2D eigenvalue weighted by molar-refractivity contribution is 6.29. The Morgan fingerprint density at radius 1 is 1.26 bits per heavy atom. The second-order valence-electron chi connectivity index (χ2n) is 4.48. The minimum Gasteiger partial charge on any atom is -0.437 e. The molecule has 0 saturated carbocycles. The van der Waals surface area contributed by atoms with Crippen LogP contribution in [0.1, 0.15) is 31.7 Å². The van der Waals surface area contributed by atoms with Crippen molar-refractivity contribution in [1.29, 1.82) is 0 Å². The molecule has 4 heteroatoms. The zero-order chi connectivity index (χ0) is 13.8. The third-order valence-corrected chi connectivity index (χ3v) is 3.34. The number of benzene rings is 1. The molecule has 1 aromatic heterocycles. The van der Waals surface area contributed by atoms with E-state index in [0.29, 0.717) is 22.6 Å². The van der Waals surface area contributed by atoms with Crippen LogP contribution in [0.15, 0.2) is 36.4 Å². The molecule has 0 aliphatic rings. The summed E-state index contributed by atoms with van der Waals surface area (Å²) in [5, 5.41) is 0.366. The summed E-state index contributed by atoms with van der Waals surface area (Å²) >= 11 is 5.87. The van der Waals surface area contributed by atoms with Gasteiger partial charge in [0.25, 0.3) is 0 Å². The van der Waals surface area contributed by atoms with Crippen LogP contribution in [0.3, 0.4) is 0 Å². The quantitative estimate of drug-likeness (QED) is 0.829. The lowest BCUT2D eigenvalue weighted by Crippen LogP contribution is -1.99. The van der Waals surface area contributed by atoms with Crippen molar-refractivity contribution in [2.24, 2.45) is 0 Å².